The molecule has 21 heteroatoms. The predicted octanol–water partition coefficient (Wildman–Crippen LogP) is 9.25. The fraction of sp³-hybridized carbons (Fsp3) is 0.473. The zero-order chi connectivity index (χ0) is 55.4. The Morgan fingerprint density at radius 2 is 1.01 bits per heavy atom. The van der Waals surface area contributed by atoms with Crippen LogP contribution in [0.1, 0.15) is 99.1 Å². The molecule has 7 rings (SSSR count). The highest BCUT2D eigenvalue weighted by atomic mass is 32.2. The van der Waals surface area contributed by atoms with Crippen LogP contribution in [0.4, 0.5) is 34.5 Å². The zero-order valence-corrected chi connectivity index (χ0v) is 45.2. The minimum atomic E-state index is -3.22. The second-order valence-electron chi connectivity index (χ2n) is 20.5. The normalized spacial score (nSPS) is 16.1. The van der Waals surface area contributed by atoms with E-state index in [1.807, 2.05) is 65.8 Å². The number of likely N-dealkylation sites (tertiary alicyclic amines) is 2. The number of sulfone groups is 1. The van der Waals surface area contributed by atoms with Crippen LogP contribution in [0.3, 0.4) is 0 Å². The number of ether oxygens (including phenoxy) is 6. The van der Waals surface area contributed by atoms with Crippen molar-refractivity contribution in [1.82, 2.24) is 14.7 Å². The number of esters is 2. The van der Waals surface area contributed by atoms with E-state index in [1.165, 1.54) is 48.3 Å². The minimum Gasteiger partial charge on any atom is -0.490 e. The average molecular weight is 1080 g/mol. The quantitative estimate of drug-likeness (QED) is 0.104. The summed E-state index contributed by atoms with van der Waals surface area (Å²) in [6.45, 7) is 13.4. The van der Waals surface area contributed by atoms with E-state index >= 15 is 4.39 Å². The van der Waals surface area contributed by atoms with Crippen LogP contribution in [0.25, 0.3) is 0 Å². The lowest BCUT2D eigenvalue weighted by Crippen LogP contribution is -2.49. The molecule has 0 aromatic heterocycles. The molecule has 3 aliphatic heterocycles. The molecule has 0 radical (unpaired) electrons. The Kier molecular flexibility index (Phi) is 19.6. The molecule has 0 atom stereocenters. The highest BCUT2D eigenvalue weighted by Gasteiger charge is 2.32. The third-order valence-corrected chi connectivity index (χ3v) is 14.0. The zero-order valence-electron chi connectivity index (χ0n) is 44.4. The van der Waals surface area contributed by atoms with Crippen molar-refractivity contribution in [3.63, 3.8) is 0 Å². The van der Waals surface area contributed by atoms with E-state index in [0.29, 0.717) is 56.0 Å². The van der Waals surface area contributed by atoms with E-state index in [1.54, 1.807) is 40.1 Å². The fourth-order valence-electron chi connectivity index (χ4n) is 8.27. The summed E-state index contributed by atoms with van der Waals surface area (Å²) in [4.78, 5) is 67.6. The first-order chi connectivity index (χ1) is 35.9. The minimum absolute atomic E-state index is 0.0323. The Morgan fingerprint density at radius 1 is 0.592 bits per heavy atom. The molecule has 3 fully saturated rings. The predicted molar refractivity (Wildman–Crippen MR) is 280 cm³/mol. The first-order valence-electron chi connectivity index (χ1n) is 25.1. The SMILES string of the molecule is COC(=O)c1ccc(CN(C(=O)N2CCS(=O)(=O)CC2)c2ccc(OC3CCN(C(=O)OC(C)(C)C)CC3)cc2)c(F)c1.COC(=O)c1ccc(CNc2ccc(OC3CCN(C(=O)OC(C)(C)C)CC3)cc2)c(F)c1. The van der Waals surface area contributed by atoms with Crippen LogP contribution in [0.5, 0.6) is 11.5 Å². The maximum Gasteiger partial charge on any atom is 0.410 e. The molecule has 18 nitrogen and oxygen atoms in total. The van der Waals surface area contributed by atoms with Gasteiger partial charge in [0, 0.05) is 94.0 Å². The number of piperidine rings is 2. The average Bonchev–Trinajstić information content (AvgIpc) is 3.37. The van der Waals surface area contributed by atoms with Gasteiger partial charge in [-0.15, -0.1) is 0 Å². The topological polar surface area (TPSA) is 200 Å². The van der Waals surface area contributed by atoms with Gasteiger partial charge in [0.1, 0.15) is 46.5 Å². The molecule has 4 aromatic carbocycles. The second-order valence-corrected chi connectivity index (χ2v) is 22.8. The molecule has 0 aliphatic carbocycles. The summed E-state index contributed by atoms with van der Waals surface area (Å²) >= 11 is 0. The van der Waals surface area contributed by atoms with Crippen molar-refractivity contribution < 1.29 is 69.6 Å². The van der Waals surface area contributed by atoms with Crippen molar-refractivity contribution in [1.29, 1.82) is 0 Å². The van der Waals surface area contributed by atoms with Gasteiger partial charge in [-0.3, -0.25) is 4.90 Å². The van der Waals surface area contributed by atoms with Gasteiger partial charge in [-0.05, 0) is 114 Å². The van der Waals surface area contributed by atoms with E-state index in [-0.39, 0.29) is 78.8 Å². The summed E-state index contributed by atoms with van der Waals surface area (Å²) in [7, 11) is -0.756. The van der Waals surface area contributed by atoms with Gasteiger partial charge in [-0.25, -0.2) is 41.2 Å². The van der Waals surface area contributed by atoms with E-state index in [2.05, 4.69) is 14.8 Å². The number of carbonyl (C=O) groups is 5. The number of carbonyl (C=O) groups excluding carboxylic acids is 5. The summed E-state index contributed by atoms with van der Waals surface area (Å²) < 4.78 is 85.4. The van der Waals surface area contributed by atoms with Crippen LogP contribution in [0.2, 0.25) is 0 Å². The van der Waals surface area contributed by atoms with Gasteiger partial charge in [-0.2, -0.15) is 0 Å². The first-order valence-corrected chi connectivity index (χ1v) is 26.9. The number of halogens is 2. The number of methoxy groups -OCH3 is 2. The van der Waals surface area contributed by atoms with Crippen LogP contribution in [-0.2, 0) is 41.9 Å². The van der Waals surface area contributed by atoms with E-state index in [0.717, 1.165) is 30.3 Å². The number of urea groups is 1. The van der Waals surface area contributed by atoms with E-state index in [4.69, 9.17) is 18.9 Å². The smallest absolute Gasteiger partial charge is 0.410 e. The lowest BCUT2D eigenvalue weighted by atomic mass is 10.1. The molecule has 3 saturated heterocycles. The number of nitrogens with one attached hydrogen (secondary N) is 1. The van der Waals surface area contributed by atoms with E-state index < -0.39 is 50.6 Å². The van der Waals surface area contributed by atoms with Gasteiger partial charge < -0.3 is 48.4 Å². The molecule has 3 aliphatic rings. The Labute approximate surface area is 443 Å². The third-order valence-electron chi connectivity index (χ3n) is 12.4. The number of rotatable bonds is 12. The largest absolute Gasteiger partial charge is 0.490 e. The molecule has 0 bridgehead atoms. The van der Waals surface area contributed by atoms with Crippen molar-refractivity contribution in [3.05, 3.63) is 119 Å². The highest BCUT2D eigenvalue weighted by Crippen LogP contribution is 2.28. The molecule has 4 aromatic rings. The first kappa shape index (κ1) is 58.1. The Bertz CT molecular complexity index is 2760. The van der Waals surface area contributed by atoms with Gasteiger partial charge in [0.25, 0.3) is 0 Å². The standard InChI is InChI=1S/C30H38FN3O8S.C25H31FN2O5/c1-30(2,3)42-29(37)33-13-11-25(12-14-33)41-24-9-7-23(8-10-24)34(28(36)32-15-17-43(38,39)18-16-32)20-22-6-5-21(19-26(22)31)27(35)40-4;1-25(2,3)33-24(30)28-13-11-21(12-14-28)32-20-9-7-19(8-10-20)27-16-18-6-5-17(15-22(18)26)23(29)31-4/h5-10,19,25H,11-18,20H2,1-4H3;5-10,15,21,27H,11-14,16H2,1-4H3. The van der Waals surface area contributed by atoms with Gasteiger partial charge in [-0.1, -0.05) is 12.1 Å². The number of hydrogen-bond acceptors (Lipinski definition) is 14. The molecule has 0 saturated carbocycles. The molecular weight excluding hydrogens is 1010 g/mol. The van der Waals surface area contributed by atoms with Gasteiger partial charge in [0.2, 0.25) is 0 Å². The van der Waals surface area contributed by atoms with Crippen molar-refractivity contribution >= 4 is 51.4 Å². The summed E-state index contributed by atoms with van der Waals surface area (Å²) in [5.74, 6) is -1.38. The molecule has 76 heavy (non-hydrogen) atoms. The van der Waals surface area contributed by atoms with Crippen molar-refractivity contribution in [2.45, 2.75) is 104 Å². The Morgan fingerprint density at radius 3 is 1.42 bits per heavy atom. The van der Waals surface area contributed by atoms with Gasteiger partial charge >= 0.3 is 30.2 Å². The highest BCUT2D eigenvalue weighted by molar-refractivity contribution is 7.91. The van der Waals surface area contributed by atoms with Crippen molar-refractivity contribution in [3.8, 4) is 11.5 Å². The summed E-state index contributed by atoms with van der Waals surface area (Å²) in [6, 6.07) is 22.0. The molecule has 1 N–H and O–H groups in total. The van der Waals surface area contributed by atoms with Crippen LogP contribution in [0, 0.1) is 11.6 Å². The summed E-state index contributed by atoms with van der Waals surface area (Å²) in [6.07, 6.45) is 2.02. The molecule has 412 valence electrons. The Balaban J connectivity index is 0.000000255. The van der Waals surface area contributed by atoms with E-state index in [9.17, 15) is 36.8 Å². The van der Waals surface area contributed by atoms with Crippen LogP contribution in [0.15, 0.2) is 84.9 Å². The number of nitrogens with zero attached hydrogens (tertiary/aromatic N) is 4. The number of anilines is 2. The monoisotopic (exact) mass is 1080 g/mol. The fourth-order valence-corrected chi connectivity index (χ4v) is 9.47. The van der Waals surface area contributed by atoms with Gasteiger partial charge in [0.15, 0.2) is 9.84 Å². The van der Waals surface area contributed by atoms with Crippen LogP contribution in [-0.4, -0.2) is 142 Å². The molecule has 3 heterocycles. The number of benzene rings is 4. The third kappa shape index (κ3) is 17.2. The molecule has 0 unspecified atom stereocenters. The lowest BCUT2D eigenvalue weighted by Gasteiger charge is -2.34. The maximum absolute atomic E-state index is 15.0. The Hall–Kier alpha value is -7.16. The van der Waals surface area contributed by atoms with Crippen LogP contribution < -0.4 is 19.7 Å². The summed E-state index contributed by atoms with van der Waals surface area (Å²) in [5, 5.41) is 3.16. The van der Waals surface area contributed by atoms with Crippen molar-refractivity contribution in [2.75, 3.05) is 75.2 Å². The summed E-state index contributed by atoms with van der Waals surface area (Å²) in [5.41, 5.74) is 1.05. The molecular formula is C55H69F2N5O13S. The lowest BCUT2D eigenvalue weighted by molar-refractivity contribution is 0.0115. The molecule has 0 spiro atoms. The second kappa shape index (κ2) is 25.6. The maximum atomic E-state index is 15.0. The van der Waals surface area contributed by atoms with Crippen LogP contribution >= 0.6 is 0 Å². The number of hydrogen-bond donors (Lipinski definition) is 1. The van der Waals surface area contributed by atoms with Gasteiger partial charge in [0.05, 0.1) is 43.4 Å². The van der Waals surface area contributed by atoms with Crippen molar-refractivity contribution in [2.24, 2.45) is 0 Å². The molecule has 4 amide bonds. The number of amides is 4.